The molecule has 0 saturated heterocycles. The highest BCUT2D eigenvalue weighted by Crippen LogP contribution is 2.26. The summed E-state index contributed by atoms with van der Waals surface area (Å²) in [6, 6.07) is 0. The second kappa shape index (κ2) is 6.46. The molecule has 0 atom stereocenters. The summed E-state index contributed by atoms with van der Waals surface area (Å²) in [5, 5.41) is 9.89. The summed E-state index contributed by atoms with van der Waals surface area (Å²) in [5.41, 5.74) is 0.700. The summed E-state index contributed by atoms with van der Waals surface area (Å²) in [5.74, 6) is 0.0805. The van der Waals surface area contributed by atoms with Gasteiger partial charge in [-0.2, -0.15) is 0 Å². The molecule has 0 spiro atoms. The van der Waals surface area contributed by atoms with Gasteiger partial charge in [-0.3, -0.25) is 0 Å². The Labute approximate surface area is 111 Å². The lowest BCUT2D eigenvalue weighted by molar-refractivity contribution is 0.179. The summed E-state index contributed by atoms with van der Waals surface area (Å²) in [7, 11) is 0.357. The van der Waals surface area contributed by atoms with E-state index in [4.69, 9.17) is 4.74 Å². The maximum Gasteiger partial charge on any atom is 0.185 e. The first kappa shape index (κ1) is 15.4. The highest BCUT2D eigenvalue weighted by molar-refractivity contribution is 7.90. The van der Waals surface area contributed by atoms with Gasteiger partial charge >= 0.3 is 0 Å². The molecule has 1 aromatic rings. The largest absolute Gasteiger partial charge is 0.391 e. The van der Waals surface area contributed by atoms with Crippen LogP contribution in [0.4, 0.5) is 5.13 Å². The molecule has 1 rings (SSSR count). The second-order valence-electron chi connectivity index (χ2n) is 4.01. The van der Waals surface area contributed by atoms with Gasteiger partial charge in [0.15, 0.2) is 5.13 Å². The zero-order valence-corrected chi connectivity index (χ0v) is 12.3. The minimum Gasteiger partial charge on any atom is -0.391 e. The van der Waals surface area contributed by atoms with Crippen LogP contribution >= 0.6 is 11.3 Å². The van der Waals surface area contributed by atoms with Crippen molar-refractivity contribution >= 4 is 26.3 Å². The Balaban J connectivity index is 2.76. The number of sulfone groups is 1. The van der Waals surface area contributed by atoms with Crippen molar-refractivity contribution < 1.29 is 18.3 Å². The maximum atomic E-state index is 11.1. The second-order valence-corrected chi connectivity index (χ2v) is 7.33. The molecular formula is C10H18N2O4S2. The third-order valence-electron chi connectivity index (χ3n) is 2.32. The molecule has 1 N–H and O–H groups in total. The standard InChI is InChI=1S/C10H18N2O4S2/c1-12(4-5-18(3,14)15)10-11-8(7-16-2)9(6-13)17-10/h13H,4-7H2,1-3H3. The SMILES string of the molecule is COCc1nc(N(C)CCS(C)(=O)=O)sc1CO. The van der Waals surface area contributed by atoms with Crippen molar-refractivity contribution in [2.45, 2.75) is 13.2 Å². The average molecular weight is 294 g/mol. The zero-order chi connectivity index (χ0) is 13.8. The molecule has 6 nitrogen and oxygen atoms in total. The number of nitrogens with zero attached hydrogens (tertiary/aromatic N) is 2. The lowest BCUT2D eigenvalue weighted by Gasteiger charge is -2.14. The number of anilines is 1. The van der Waals surface area contributed by atoms with E-state index in [0.717, 1.165) is 4.88 Å². The van der Waals surface area contributed by atoms with E-state index in [9.17, 15) is 13.5 Å². The van der Waals surface area contributed by atoms with Gasteiger partial charge < -0.3 is 14.7 Å². The Kier molecular flexibility index (Phi) is 5.51. The molecule has 0 bridgehead atoms. The van der Waals surface area contributed by atoms with E-state index in [-0.39, 0.29) is 12.4 Å². The van der Waals surface area contributed by atoms with Crippen molar-refractivity contribution in [2.24, 2.45) is 0 Å². The Morgan fingerprint density at radius 2 is 2.17 bits per heavy atom. The predicted octanol–water partition coefficient (Wildman–Crippen LogP) is 0.263. The van der Waals surface area contributed by atoms with Gasteiger partial charge in [0.2, 0.25) is 0 Å². The van der Waals surface area contributed by atoms with E-state index < -0.39 is 9.84 Å². The summed E-state index contributed by atoms with van der Waals surface area (Å²) in [6.07, 6.45) is 1.21. The molecule has 0 aliphatic rings. The molecule has 0 unspecified atom stereocenters. The van der Waals surface area contributed by atoms with Crippen LogP contribution < -0.4 is 4.90 Å². The number of hydrogen-bond donors (Lipinski definition) is 1. The highest BCUT2D eigenvalue weighted by Gasteiger charge is 2.14. The van der Waals surface area contributed by atoms with E-state index in [1.165, 1.54) is 17.6 Å². The predicted molar refractivity (Wildman–Crippen MR) is 71.7 cm³/mol. The van der Waals surface area contributed by atoms with E-state index in [0.29, 0.717) is 24.0 Å². The monoisotopic (exact) mass is 294 g/mol. The molecule has 0 aromatic carbocycles. The molecule has 0 aliphatic carbocycles. The van der Waals surface area contributed by atoms with Crippen LogP contribution in [0.15, 0.2) is 0 Å². The first-order valence-corrected chi connectivity index (χ1v) is 8.22. The van der Waals surface area contributed by atoms with Gasteiger partial charge in [-0.15, -0.1) is 0 Å². The van der Waals surface area contributed by atoms with Gasteiger partial charge in [0.1, 0.15) is 9.84 Å². The third-order valence-corrected chi connectivity index (χ3v) is 4.44. The molecule has 0 radical (unpaired) electrons. The van der Waals surface area contributed by atoms with Crippen LogP contribution in [0.1, 0.15) is 10.6 Å². The molecule has 0 amide bonds. The Hall–Kier alpha value is -0.700. The van der Waals surface area contributed by atoms with Crippen molar-refractivity contribution in [3.8, 4) is 0 Å². The minimum absolute atomic E-state index is 0.0805. The number of methoxy groups -OCH3 is 1. The molecule has 1 heterocycles. The van der Waals surface area contributed by atoms with Gasteiger partial charge in [0.05, 0.1) is 29.5 Å². The third kappa shape index (κ3) is 4.52. The van der Waals surface area contributed by atoms with Gasteiger partial charge in [0.25, 0.3) is 0 Å². The van der Waals surface area contributed by atoms with Crippen LogP contribution in [0.25, 0.3) is 0 Å². The molecular weight excluding hydrogens is 276 g/mol. The van der Waals surface area contributed by atoms with Gasteiger partial charge in [-0.25, -0.2) is 13.4 Å². The summed E-state index contributed by atoms with van der Waals surface area (Å²) in [4.78, 5) is 6.85. The lowest BCUT2D eigenvalue weighted by atomic mass is 10.4. The minimum atomic E-state index is -2.99. The Bertz CT molecular complexity index is 484. The van der Waals surface area contributed by atoms with Crippen molar-refractivity contribution in [1.82, 2.24) is 4.98 Å². The van der Waals surface area contributed by atoms with E-state index >= 15 is 0 Å². The van der Waals surface area contributed by atoms with E-state index in [1.807, 2.05) is 0 Å². The molecule has 0 fully saturated rings. The molecule has 8 heteroatoms. The Morgan fingerprint density at radius 3 is 2.67 bits per heavy atom. The van der Waals surface area contributed by atoms with Crippen LogP contribution in [0.2, 0.25) is 0 Å². The normalized spacial score (nSPS) is 11.8. The number of aliphatic hydroxyl groups is 1. The fourth-order valence-corrected chi connectivity index (χ4v) is 2.82. The number of aliphatic hydroxyl groups excluding tert-OH is 1. The summed E-state index contributed by atoms with van der Waals surface area (Å²) < 4.78 is 27.2. The average Bonchev–Trinajstić information content (AvgIpc) is 2.69. The number of thiazole rings is 1. The Morgan fingerprint density at radius 1 is 1.50 bits per heavy atom. The molecule has 1 aromatic heterocycles. The smallest absolute Gasteiger partial charge is 0.185 e. The molecule has 104 valence electrons. The highest BCUT2D eigenvalue weighted by atomic mass is 32.2. The first-order chi connectivity index (χ1) is 8.37. The van der Waals surface area contributed by atoms with Crippen molar-refractivity contribution in [2.75, 3.05) is 37.6 Å². The van der Waals surface area contributed by atoms with Gasteiger partial charge in [-0.05, 0) is 0 Å². The van der Waals surface area contributed by atoms with Crippen LogP contribution in [0, 0.1) is 0 Å². The van der Waals surface area contributed by atoms with Crippen molar-refractivity contribution in [1.29, 1.82) is 0 Å². The summed E-state index contributed by atoms with van der Waals surface area (Å²) >= 11 is 1.35. The van der Waals surface area contributed by atoms with Crippen LogP contribution in [0.5, 0.6) is 0 Å². The van der Waals surface area contributed by atoms with Crippen LogP contribution in [-0.4, -0.2) is 51.2 Å². The number of hydrogen-bond acceptors (Lipinski definition) is 7. The number of rotatable bonds is 7. The maximum absolute atomic E-state index is 11.1. The number of aromatic nitrogens is 1. The van der Waals surface area contributed by atoms with E-state index in [2.05, 4.69) is 4.98 Å². The quantitative estimate of drug-likeness (QED) is 0.777. The first-order valence-electron chi connectivity index (χ1n) is 5.34. The molecule has 0 saturated carbocycles. The van der Waals surface area contributed by atoms with Crippen LogP contribution in [-0.2, 0) is 27.8 Å². The fourth-order valence-electron chi connectivity index (χ4n) is 1.30. The van der Waals surface area contributed by atoms with Crippen LogP contribution in [0.3, 0.4) is 0 Å². The molecule has 0 aliphatic heterocycles. The summed E-state index contributed by atoms with van der Waals surface area (Å²) in [6.45, 7) is 0.631. The lowest BCUT2D eigenvalue weighted by Crippen LogP contribution is -2.24. The number of ether oxygens (including phenoxy) is 1. The fraction of sp³-hybridized carbons (Fsp3) is 0.700. The molecule has 18 heavy (non-hydrogen) atoms. The van der Waals surface area contributed by atoms with Crippen molar-refractivity contribution in [3.05, 3.63) is 10.6 Å². The zero-order valence-electron chi connectivity index (χ0n) is 10.7. The topological polar surface area (TPSA) is 79.7 Å². The van der Waals surface area contributed by atoms with E-state index in [1.54, 1.807) is 19.1 Å². The van der Waals surface area contributed by atoms with Gasteiger partial charge in [0, 0.05) is 27.0 Å². The van der Waals surface area contributed by atoms with Crippen molar-refractivity contribution in [3.63, 3.8) is 0 Å². The van der Waals surface area contributed by atoms with Gasteiger partial charge in [-0.1, -0.05) is 11.3 Å².